The Morgan fingerprint density at radius 2 is 1.71 bits per heavy atom. The van der Waals surface area contributed by atoms with E-state index in [0.29, 0.717) is 12.7 Å². The van der Waals surface area contributed by atoms with Crippen LogP contribution in [0.2, 0.25) is 5.02 Å². The molecule has 0 aliphatic heterocycles. The highest BCUT2D eigenvalue weighted by Gasteiger charge is 2.31. The number of aromatic carboxylic acids is 1. The van der Waals surface area contributed by atoms with Gasteiger partial charge < -0.3 is 29.5 Å². The zero-order valence-electron chi connectivity index (χ0n) is 27.7. The highest BCUT2D eigenvalue weighted by Crippen LogP contribution is 2.37. The Morgan fingerprint density at radius 1 is 1.06 bits per heavy atom. The third-order valence-corrected chi connectivity index (χ3v) is 7.45. The lowest BCUT2D eigenvalue weighted by molar-refractivity contribution is -0.385. The van der Waals surface area contributed by atoms with Gasteiger partial charge in [-0.3, -0.25) is 34.5 Å². The van der Waals surface area contributed by atoms with Crippen molar-refractivity contribution in [3.8, 4) is 11.5 Å². The van der Waals surface area contributed by atoms with Crippen molar-refractivity contribution in [3.05, 3.63) is 92.0 Å². The van der Waals surface area contributed by atoms with Crippen LogP contribution in [-0.2, 0) is 31.5 Å². The van der Waals surface area contributed by atoms with E-state index in [0.717, 1.165) is 53.6 Å². The van der Waals surface area contributed by atoms with Crippen molar-refractivity contribution in [2.24, 2.45) is 0 Å². The zero-order valence-corrected chi connectivity index (χ0v) is 30.1. The molecule has 0 bridgehead atoms. The first-order valence-electron chi connectivity index (χ1n) is 14.7. The van der Waals surface area contributed by atoms with Crippen LogP contribution in [-0.4, -0.2) is 74.8 Å². The Balaban J connectivity index is 0.000000426. The van der Waals surface area contributed by atoms with E-state index >= 15 is 0 Å². The lowest BCUT2D eigenvalue weighted by Gasteiger charge is -2.25. The average molecular weight is 801 g/mol. The van der Waals surface area contributed by atoms with Crippen LogP contribution >= 0.6 is 30.8 Å². The Morgan fingerprint density at radius 3 is 2.19 bits per heavy atom. The minimum absolute atomic E-state index is 0.0371. The molecule has 0 aromatic heterocycles. The molecule has 0 saturated heterocycles. The van der Waals surface area contributed by atoms with Crippen molar-refractivity contribution in [2.75, 3.05) is 36.9 Å². The lowest BCUT2D eigenvalue weighted by Crippen LogP contribution is -2.35. The van der Waals surface area contributed by atoms with E-state index in [1.54, 1.807) is 4.90 Å². The first-order chi connectivity index (χ1) is 24.2. The smallest absolute Gasteiger partial charge is 0.416 e. The maximum atomic E-state index is 12.6. The van der Waals surface area contributed by atoms with E-state index in [4.69, 9.17) is 52.7 Å². The van der Waals surface area contributed by atoms with Gasteiger partial charge in [0.1, 0.15) is 29.7 Å². The fourth-order valence-corrected chi connectivity index (χ4v) is 4.78. The standard InChI is InChI=1S/C14H7ClF3NO5.C14H20ClNO2.C3H8NO5P/c15-10-5-7(14(16,17)18)1-4-12(10)24-8-2-3-11(19(22)23)9(6-8)13(20)21;1-4-12-8-6-7-11(3)14(12)16(10-18-5-2)13(17)9-15;5-3(6)1-4-2-10(7,8)9/h1-6H,(H,20,21);6-8H,4-5,9-10H2,1-3H3;4H,1-2H2,(H,5,6)(H2,7,8,9). The molecule has 0 aliphatic carbocycles. The van der Waals surface area contributed by atoms with Crippen LogP contribution in [0.3, 0.4) is 0 Å². The van der Waals surface area contributed by atoms with Gasteiger partial charge in [-0.2, -0.15) is 13.2 Å². The summed E-state index contributed by atoms with van der Waals surface area (Å²) in [5.74, 6) is -3.15. The first kappa shape index (κ1) is 45.7. The molecular formula is C31H35Cl2F3N3O12P. The Bertz CT molecular complexity index is 1760. The quantitative estimate of drug-likeness (QED) is 0.0378. The third kappa shape index (κ3) is 15.5. The monoisotopic (exact) mass is 799 g/mol. The van der Waals surface area contributed by atoms with E-state index in [2.05, 4.69) is 12.2 Å². The Hall–Kier alpha value is -4.29. The predicted octanol–water partition coefficient (Wildman–Crippen LogP) is 6.68. The fourth-order valence-electron chi connectivity index (χ4n) is 4.01. The summed E-state index contributed by atoms with van der Waals surface area (Å²) in [6, 6.07) is 11.3. The van der Waals surface area contributed by atoms with Gasteiger partial charge in [0.25, 0.3) is 5.69 Å². The number of alkyl halides is 4. The number of carbonyl (C=O) groups is 3. The summed E-state index contributed by atoms with van der Waals surface area (Å²) in [6.45, 7) is 6.35. The lowest BCUT2D eigenvalue weighted by atomic mass is 10.0. The van der Waals surface area contributed by atoms with Crippen molar-refractivity contribution in [1.29, 1.82) is 0 Å². The summed E-state index contributed by atoms with van der Waals surface area (Å²) in [5.41, 5.74) is 0.878. The van der Waals surface area contributed by atoms with E-state index in [9.17, 15) is 42.2 Å². The van der Waals surface area contributed by atoms with Gasteiger partial charge in [0.15, 0.2) is 0 Å². The minimum atomic E-state index is -4.58. The van der Waals surface area contributed by atoms with Crippen molar-refractivity contribution in [3.63, 3.8) is 0 Å². The van der Waals surface area contributed by atoms with Crippen LogP contribution in [0.25, 0.3) is 0 Å². The van der Waals surface area contributed by atoms with Gasteiger partial charge in [-0.25, -0.2) is 4.79 Å². The number of carboxylic acid groups (broad SMARTS) is 2. The number of benzene rings is 3. The predicted molar refractivity (Wildman–Crippen MR) is 184 cm³/mol. The zero-order chi connectivity index (χ0) is 39.8. The van der Waals surface area contributed by atoms with Crippen LogP contribution in [0.1, 0.15) is 40.9 Å². The molecule has 0 aliphatic rings. The summed E-state index contributed by atoms with van der Waals surface area (Å²) in [4.78, 5) is 60.6. The van der Waals surface area contributed by atoms with Crippen LogP contribution in [0, 0.1) is 17.0 Å². The van der Waals surface area contributed by atoms with Crippen molar-refractivity contribution >= 4 is 60.0 Å². The molecule has 5 N–H and O–H groups in total. The number of nitrogens with zero attached hydrogens (tertiary/aromatic N) is 2. The summed E-state index contributed by atoms with van der Waals surface area (Å²) in [7, 11) is -4.10. The molecule has 0 radical (unpaired) electrons. The molecule has 0 heterocycles. The van der Waals surface area contributed by atoms with Gasteiger partial charge in [-0.1, -0.05) is 36.7 Å². The van der Waals surface area contributed by atoms with Gasteiger partial charge in [-0.05, 0) is 55.7 Å². The van der Waals surface area contributed by atoms with Crippen LogP contribution in [0.4, 0.5) is 24.5 Å². The van der Waals surface area contributed by atoms with Gasteiger partial charge in [0, 0.05) is 18.7 Å². The molecule has 0 saturated carbocycles. The number of hydrogen-bond acceptors (Lipinski definition) is 9. The SMILES string of the molecule is CCOCN(C(=O)CCl)c1c(C)cccc1CC.O=C(O)CNCP(=O)(O)O.O=C(O)c1cc(Oc2ccc(C(F)(F)F)cc2Cl)ccc1[N+](=O)[O-]. The molecule has 0 fully saturated rings. The number of halogens is 5. The van der Waals surface area contributed by atoms with E-state index in [-0.39, 0.29) is 35.0 Å². The topological polar surface area (TPSA) is 226 Å². The second kappa shape index (κ2) is 21.3. The van der Waals surface area contributed by atoms with E-state index in [1.165, 1.54) is 0 Å². The number of ether oxygens (including phenoxy) is 2. The number of nitrogens with one attached hydrogen (secondary N) is 1. The number of rotatable bonds is 14. The number of carboxylic acids is 2. The number of para-hydroxylation sites is 1. The molecule has 0 atom stereocenters. The van der Waals surface area contributed by atoms with E-state index < -0.39 is 60.3 Å². The first-order valence-corrected chi connectivity index (χ1v) is 17.4. The number of nitro groups is 1. The van der Waals surface area contributed by atoms with Crippen LogP contribution in [0.5, 0.6) is 11.5 Å². The Kier molecular flexibility index (Phi) is 18.7. The van der Waals surface area contributed by atoms with E-state index in [1.807, 2.05) is 32.0 Å². The molecule has 1 amide bonds. The van der Waals surface area contributed by atoms with Crippen LogP contribution < -0.4 is 15.0 Å². The molecule has 3 aromatic rings. The third-order valence-electron chi connectivity index (χ3n) is 6.29. The van der Waals surface area contributed by atoms with Crippen molar-refractivity contribution in [1.82, 2.24) is 5.32 Å². The maximum Gasteiger partial charge on any atom is 0.416 e. The van der Waals surface area contributed by atoms with Crippen molar-refractivity contribution in [2.45, 2.75) is 33.4 Å². The number of amides is 1. The largest absolute Gasteiger partial charge is 0.480 e. The number of nitro benzene ring substituents is 1. The van der Waals surface area contributed by atoms with Gasteiger partial charge in [0.2, 0.25) is 5.91 Å². The summed E-state index contributed by atoms with van der Waals surface area (Å²) in [5, 5.41) is 29.4. The minimum Gasteiger partial charge on any atom is -0.480 e. The molecule has 3 aromatic carbocycles. The molecule has 0 unspecified atom stereocenters. The number of carbonyl (C=O) groups excluding carboxylic acids is 1. The van der Waals surface area contributed by atoms with Gasteiger partial charge in [-0.15, -0.1) is 11.6 Å². The number of aliphatic carboxylic acids is 1. The average Bonchev–Trinajstić information content (AvgIpc) is 3.05. The molecule has 21 heteroatoms. The second-order valence-corrected chi connectivity index (χ2v) is 12.5. The normalized spacial score (nSPS) is 11.0. The molecule has 15 nitrogen and oxygen atoms in total. The highest BCUT2D eigenvalue weighted by atomic mass is 35.5. The Labute approximate surface area is 305 Å². The fraction of sp³-hybridized carbons (Fsp3) is 0.323. The molecular weight excluding hydrogens is 765 g/mol. The highest BCUT2D eigenvalue weighted by molar-refractivity contribution is 7.51. The van der Waals surface area contributed by atoms with Gasteiger partial charge in [0.05, 0.1) is 34.0 Å². The molecule has 286 valence electrons. The summed E-state index contributed by atoms with van der Waals surface area (Å²) >= 11 is 11.4. The summed E-state index contributed by atoms with van der Waals surface area (Å²) < 4.78 is 58.3. The molecule has 0 spiro atoms. The second-order valence-electron chi connectivity index (χ2n) is 10.1. The van der Waals surface area contributed by atoms with Gasteiger partial charge >= 0.3 is 25.7 Å². The maximum absolute atomic E-state index is 12.6. The molecule has 52 heavy (non-hydrogen) atoms. The van der Waals surface area contributed by atoms with Crippen LogP contribution in [0.15, 0.2) is 54.6 Å². The number of aryl methyl sites for hydroxylation is 2. The molecule has 3 rings (SSSR count). The summed E-state index contributed by atoms with van der Waals surface area (Å²) in [6.07, 6.45) is -4.31. The van der Waals surface area contributed by atoms with Crippen molar-refractivity contribution < 1.29 is 66.5 Å². The number of anilines is 1. The number of hydrogen-bond donors (Lipinski definition) is 5.